The van der Waals surface area contributed by atoms with Gasteiger partial charge < -0.3 is 10.3 Å². The highest BCUT2D eigenvalue weighted by Gasteiger charge is 2.29. The van der Waals surface area contributed by atoms with E-state index in [4.69, 9.17) is 10.3 Å². The second kappa shape index (κ2) is 4.93. The van der Waals surface area contributed by atoms with E-state index in [0.717, 1.165) is 24.8 Å². The van der Waals surface area contributed by atoms with Crippen molar-refractivity contribution in [2.45, 2.75) is 45.8 Å². The summed E-state index contributed by atoms with van der Waals surface area (Å²) < 4.78 is 5.01. The van der Waals surface area contributed by atoms with Gasteiger partial charge >= 0.3 is 0 Å². The number of hydrogen-bond acceptors (Lipinski definition) is 5. The lowest BCUT2D eigenvalue weighted by Gasteiger charge is -2.21. The maximum atomic E-state index is 5.44. The molecule has 0 bridgehead atoms. The molecule has 2 rings (SSSR count). The summed E-state index contributed by atoms with van der Waals surface area (Å²) in [4.78, 5) is 6.68. The molecule has 0 radical (unpaired) electrons. The van der Waals surface area contributed by atoms with Crippen LogP contribution in [-0.4, -0.2) is 27.6 Å². The summed E-state index contributed by atoms with van der Waals surface area (Å²) in [5, 5.41) is 3.94. The molecule has 0 aromatic carbocycles. The van der Waals surface area contributed by atoms with Crippen LogP contribution in [0.3, 0.4) is 0 Å². The van der Waals surface area contributed by atoms with Crippen molar-refractivity contribution in [3.63, 3.8) is 0 Å². The molecular weight excluding hydrogens is 204 g/mol. The monoisotopic (exact) mass is 224 g/mol. The average Bonchev–Trinajstić information content (AvgIpc) is 2.85. The summed E-state index contributed by atoms with van der Waals surface area (Å²) in [6.45, 7) is 6.76. The van der Waals surface area contributed by atoms with Gasteiger partial charge in [0.1, 0.15) is 0 Å². The quantitative estimate of drug-likeness (QED) is 0.831. The molecule has 0 spiro atoms. The molecule has 0 aliphatic carbocycles. The van der Waals surface area contributed by atoms with Crippen molar-refractivity contribution in [2.75, 3.05) is 6.54 Å². The van der Waals surface area contributed by atoms with E-state index in [1.807, 2.05) is 0 Å². The summed E-state index contributed by atoms with van der Waals surface area (Å²) in [5.41, 5.74) is 5.44. The summed E-state index contributed by atoms with van der Waals surface area (Å²) in [6.07, 6.45) is 2.46. The van der Waals surface area contributed by atoms with E-state index in [1.54, 1.807) is 0 Å². The van der Waals surface area contributed by atoms with Crippen molar-refractivity contribution in [2.24, 2.45) is 11.7 Å². The highest BCUT2D eigenvalue weighted by Crippen LogP contribution is 2.25. The lowest BCUT2D eigenvalue weighted by atomic mass is 10.1. The molecule has 1 fully saturated rings. The normalized spacial score (nSPS) is 26.4. The fourth-order valence-electron chi connectivity index (χ4n) is 2.47. The topological polar surface area (TPSA) is 68.2 Å². The Morgan fingerprint density at radius 2 is 2.38 bits per heavy atom. The zero-order valence-corrected chi connectivity index (χ0v) is 10.0. The van der Waals surface area contributed by atoms with Crippen molar-refractivity contribution >= 4 is 0 Å². The van der Waals surface area contributed by atoms with Gasteiger partial charge in [-0.25, -0.2) is 0 Å². The fourth-order valence-corrected chi connectivity index (χ4v) is 2.47. The maximum Gasteiger partial charge on any atom is 0.240 e. The first kappa shape index (κ1) is 11.5. The van der Waals surface area contributed by atoms with E-state index in [2.05, 4.69) is 28.9 Å². The van der Waals surface area contributed by atoms with Gasteiger partial charge in [0.25, 0.3) is 0 Å². The van der Waals surface area contributed by atoms with Gasteiger partial charge in [-0.05, 0) is 18.8 Å². The van der Waals surface area contributed by atoms with E-state index in [0.29, 0.717) is 18.5 Å². The third-order valence-corrected chi connectivity index (χ3v) is 3.24. The van der Waals surface area contributed by atoms with Crippen LogP contribution >= 0.6 is 0 Å². The molecule has 2 N–H and O–H groups in total. The van der Waals surface area contributed by atoms with E-state index in [-0.39, 0.29) is 0 Å². The first-order valence-electron chi connectivity index (χ1n) is 5.98. The van der Waals surface area contributed by atoms with Crippen LogP contribution in [0.15, 0.2) is 4.52 Å². The van der Waals surface area contributed by atoms with Gasteiger partial charge in [-0.3, -0.25) is 4.90 Å². The van der Waals surface area contributed by atoms with Crippen LogP contribution < -0.4 is 5.73 Å². The van der Waals surface area contributed by atoms with Crippen LogP contribution in [0.4, 0.5) is 0 Å². The Hall–Kier alpha value is -0.940. The van der Waals surface area contributed by atoms with Crippen LogP contribution in [0.5, 0.6) is 0 Å². The zero-order valence-electron chi connectivity index (χ0n) is 10.0. The summed E-state index contributed by atoms with van der Waals surface area (Å²) in [5.74, 6) is 2.05. The molecular formula is C11H20N4O. The SMILES string of the molecule is CCC1CC(C)CN1Cc1noc(CN)n1. The first-order valence-corrected chi connectivity index (χ1v) is 5.98. The number of nitrogens with zero attached hydrogens (tertiary/aromatic N) is 3. The molecule has 1 aromatic rings. The average molecular weight is 224 g/mol. The number of hydrogen-bond donors (Lipinski definition) is 1. The van der Waals surface area contributed by atoms with E-state index in [1.165, 1.54) is 12.8 Å². The Kier molecular flexibility index (Phi) is 3.56. The summed E-state index contributed by atoms with van der Waals surface area (Å²) in [7, 11) is 0. The van der Waals surface area contributed by atoms with Crippen LogP contribution in [0, 0.1) is 5.92 Å². The Balaban J connectivity index is 1.98. The lowest BCUT2D eigenvalue weighted by molar-refractivity contribution is 0.228. The second-order valence-electron chi connectivity index (χ2n) is 4.64. The Labute approximate surface area is 96.0 Å². The number of aromatic nitrogens is 2. The molecule has 1 aromatic heterocycles. The van der Waals surface area contributed by atoms with Gasteiger partial charge in [-0.2, -0.15) is 4.98 Å². The largest absolute Gasteiger partial charge is 0.338 e. The zero-order chi connectivity index (χ0) is 11.5. The number of nitrogens with two attached hydrogens (primary N) is 1. The molecule has 5 heteroatoms. The molecule has 2 atom stereocenters. The highest BCUT2D eigenvalue weighted by molar-refractivity contribution is 4.90. The summed E-state index contributed by atoms with van der Waals surface area (Å²) in [6, 6.07) is 0.662. The predicted molar refractivity (Wildman–Crippen MR) is 60.5 cm³/mol. The number of likely N-dealkylation sites (tertiary alicyclic amines) is 1. The van der Waals surface area contributed by atoms with Gasteiger partial charge in [0.05, 0.1) is 13.1 Å². The van der Waals surface area contributed by atoms with E-state index < -0.39 is 0 Å². The second-order valence-corrected chi connectivity index (χ2v) is 4.64. The Bertz CT molecular complexity index is 338. The molecule has 1 aliphatic rings. The van der Waals surface area contributed by atoms with Gasteiger partial charge in [0, 0.05) is 12.6 Å². The smallest absolute Gasteiger partial charge is 0.240 e. The molecule has 5 nitrogen and oxygen atoms in total. The van der Waals surface area contributed by atoms with Crippen molar-refractivity contribution in [3.8, 4) is 0 Å². The van der Waals surface area contributed by atoms with Crippen molar-refractivity contribution in [3.05, 3.63) is 11.7 Å². The summed E-state index contributed by atoms with van der Waals surface area (Å²) >= 11 is 0. The van der Waals surface area contributed by atoms with E-state index in [9.17, 15) is 0 Å². The molecule has 1 aliphatic heterocycles. The van der Waals surface area contributed by atoms with Gasteiger partial charge in [-0.15, -0.1) is 0 Å². The minimum absolute atomic E-state index is 0.320. The fraction of sp³-hybridized carbons (Fsp3) is 0.818. The van der Waals surface area contributed by atoms with Crippen LogP contribution in [-0.2, 0) is 13.1 Å². The van der Waals surface area contributed by atoms with Crippen LogP contribution in [0.2, 0.25) is 0 Å². The molecule has 16 heavy (non-hydrogen) atoms. The third-order valence-electron chi connectivity index (χ3n) is 3.24. The molecule has 2 heterocycles. The first-order chi connectivity index (χ1) is 7.72. The minimum atomic E-state index is 0.320. The minimum Gasteiger partial charge on any atom is -0.338 e. The third kappa shape index (κ3) is 2.41. The Morgan fingerprint density at radius 1 is 1.56 bits per heavy atom. The predicted octanol–water partition coefficient (Wildman–Crippen LogP) is 1.15. The van der Waals surface area contributed by atoms with Crippen LogP contribution in [0.25, 0.3) is 0 Å². The van der Waals surface area contributed by atoms with Crippen molar-refractivity contribution < 1.29 is 4.52 Å². The van der Waals surface area contributed by atoms with Crippen molar-refractivity contribution in [1.82, 2.24) is 15.0 Å². The molecule has 0 saturated carbocycles. The Morgan fingerprint density at radius 3 is 3.00 bits per heavy atom. The lowest BCUT2D eigenvalue weighted by Crippen LogP contribution is -2.28. The standard InChI is InChI=1S/C11H20N4O/c1-3-9-4-8(2)6-15(9)7-10-13-11(5-12)16-14-10/h8-9H,3-7,12H2,1-2H3. The maximum absolute atomic E-state index is 5.44. The number of rotatable bonds is 4. The van der Waals surface area contributed by atoms with Crippen LogP contribution in [0.1, 0.15) is 38.4 Å². The molecule has 2 unspecified atom stereocenters. The van der Waals surface area contributed by atoms with E-state index >= 15 is 0 Å². The van der Waals surface area contributed by atoms with Crippen molar-refractivity contribution in [1.29, 1.82) is 0 Å². The molecule has 0 amide bonds. The highest BCUT2D eigenvalue weighted by atomic mass is 16.5. The molecule has 90 valence electrons. The van der Waals surface area contributed by atoms with Gasteiger partial charge in [0.15, 0.2) is 5.82 Å². The van der Waals surface area contributed by atoms with Gasteiger partial charge in [-0.1, -0.05) is 19.0 Å². The molecule has 1 saturated heterocycles. The van der Waals surface area contributed by atoms with Gasteiger partial charge in [0.2, 0.25) is 5.89 Å².